The molecule has 4 aromatic rings. The number of aliphatic hydroxyl groups is 1. The molecule has 0 saturated carbocycles. The van der Waals surface area contributed by atoms with Gasteiger partial charge in [0.25, 0.3) is 0 Å². The zero-order valence-electron chi connectivity index (χ0n) is 31.9. The zero-order valence-corrected chi connectivity index (χ0v) is 33.4. The van der Waals surface area contributed by atoms with Gasteiger partial charge < -0.3 is 35.8 Å². The van der Waals surface area contributed by atoms with Gasteiger partial charge in [0.05, 0.1) is 38.9 Å². The Morgan fingerprint density at radius 2 is 2.00 bits per heavy atom. The number of nitrogen functional groups attached to an aromatic ring is 1. The number of rotatable bonds is 9. The molecule has 17 heteroatoms. The minimum absolute atomic E-state index is 0.00697. The maximum Gasteiger partial charge on any atom is 0.319 e. The first kappa shape index (κ1) is 39.7. The van der Waals surface area contributed by atoms with Gasteiger partial charge in [-0.2, -0.15) is 15.2 Å². The molecule has 0 radical (unpaired) electrons. The molecule has 2 aromatic carbocycles. The van der Waals surface area contributed by atoms with Crippen LogP contribution in [0, 0.1) is 34.8 Å². The van der Waals surface area contributed by atoms with Crippen molar-refractivity contribution in [2.24, 2.45) is 17.6 Å². The summed E-state index contributed by atoms with van der Waals surface area (Å²) >= 11 is 8.05. The van der Waals surface area contributed by atoms with E-state index in [1.807, 2.05) is 29.7 Å². The summed E-state index contributed by atoms with van der Waals surface area (Å²) in [5.41, 5.74) is 11.6. The summed E-state index contributed by atoms with van der Waals surface area (Å²) in [6.45, 7) is 6.40. The van der Waals surface area contributed by atoms with Crippen LogP contribution in [0.3, 0.4) is 0 Å². The molecular weight excluding hydrogens is 781 g/mol. The van der Waals surface area contributed by atoms with Crippen LogP contribution in [-0.2, 0) is 4.79 Å². The number of nitrogens with two attached hydrogens (primary N) is 2. The number of carbonyl (C=O) groups excluding carboxylic acids is 1. The van der Waals surface area contributed by atoms with Crippen molar-refractivity contribution in [3.63, 3.8) is 0 Å². The smallest absolute Gasteiger partial charge is 0.319 e. The van der Waals surface area contributed by atoms with E-state index in [1.165, 1.54) is 6.07 Å². The highest BCUT2D eigenvalue weighted by atomic mass is 35.5. The number of amides is 1. The number of carbonyl (C=O) groups is 1. The molecule has 57 heavy (non-hydrogen) atoms. The fourth-order valence-electron chi connectivity index (χ4n) is 9.19. The quantitative estimate of drug-likeness (QED) is 0.181. The molecule has 8 rings (SSSR count). The first-order valence-corrected chi connectivity index (χ1v) is 20.8. The summed E-state index contributed by atoms with van der Waals surface area (Å²) in [5, 5.41) is 20.7. The lowest BCUT2D eigenvalue weighted by atomic mass is 9.94. The average molecular weight is 827 g/mol. The number of alkyl halides is 1. The van der Waals surface area contributed by atoms with Crippen LogP contribution in [-0.4, -0.2) is 107 Å². The Balaban J connectivity index is 1.29. The number of anilines is 2. The highest BCUT2D eigenvalue weighted by Gasteiger charge is 2.49. The van der Waals surface area contributed by atoms with Gasteiger partial charge in [0.1, 0.15) is 47.1 Å². The fourth-order valence-corrected chi connectivity index (χ4v) is 10.5. The van der Waals surface area contributed by atoms with E-state index >= 15 is 8.78 Å². The molecule has 0 bridgehead atoms. The molecule has 4 aliphatic rings. The molecule has 12 nitrogen and oxygen atoms in total. The zero-order chi connectivity index (χ0) is 40.3. The number of thiophene rings is 1. The van der Waals surface area contributed by atoms with E-state index in [0.717, 1.165) is 49.6 Å². The van der Waals surface area contributed by atoms with Crippen LogP contribution in [0.15, 0.2) is 12.1 Å². The standard InChI is InChI=1S/C40H46ClF3N8O4S/c1-20(2)32(46)38(54)51-10-3-5-21(16-51)15-50-12-8-23(18-53)56-34-29-33(48-39(49-37(29)50)55-19-40-9-4-11-52(40)17-22(42)13-40)31(44)28(30(34)41)24-6-7-26(43)35-27(24)25(14-45)36(47)57-35/h6-7,20-23,32,53H,3-5,8-13,15-19,46-47H2,1-2H3/t21?,22-,23?,32+,40+/m1/s1. The Morgan fingerprint density at radius 1 is 1.19 bits per heavy atom. The SMILES string of the molecule is CC(C)[C@H](N)C(=O)N1CCCC(CN2CCC(CO)Oc3c(Cl)c(-c4ccc(F)c5sc(N)c(C#N)c45)c(F)c4nc(OC[C@@]56CCCN5C[C@H](F)C6)nc2c34)C1. The third-order valence-corrected chi connectivity index (χ3v) is 13.6. The largest absolute Gasteiger partial charge is 0.486 e. The Kier molecular flexibility index (Phi) is 10.8. The van der Waals surface area contributed by atoms with Crippen molar-refractivity contribution < 1.29 is 32.5 Å². The summed E-state index contributed by atoms with van der Waals surface area (Å²) in [7, 11) is 0. The van der Waals surface area contributed by atoms with Crippen molar-refractivity contribution in [3.8, 4) is 29.0 Å². The summed E-state index contributed by atoms with van der Waals surface area (Å²) in [6, 6.07) is 3.78. The summed E-state index contributed by atoms with van der Waals surface area (Å²) < 4.78 is 60.4. The van der Waals surface area contributed by atoms with Crippen molar-refractivity contribution in [2.75, 3.05) is 63.1 Å². The number of aliphatic hydroxyl groups excluding tert-OH is 1. The van der Waals surface area contributed by atoms with Crippen LogP contribution in [0.2, 0.25) is 5.02 Å². The van der Waals surface area contributed by atoms with Gasteiger partial charge in [-0.15, -0.1) is 11.3 Å². The second-order valence-corrected chi connectivity index (χ2v) is 17.7. The van der Waals surface area contributed by atoms with Crippen molar-refractivity contribution in [1.29, 1.82) is 5.26 Å². The topological polar surface area (TPSA) is 167 Å². The van der Waals surface area contributed by atoms with Gasteiger partial charge in [-0.05, 0) is 55.7 Å². The number of ether oxygens (including phenoxy) is 2. The molecule has 2 aromatic heterocycles. The van der Waals surface area contributed by atoms with Gasteiger partial charge >= 0.3 is 6.01 Å². The highest BCUT2D eigenvalue weighted by molar-refractivity contribution is 7.23. The number of likely N-dealkylation sites (tertiary alicyclic amines) is 1. The molecule has 1 amide bonds. The van der Waals surface area contributed by atoms with Crippen LogP contribution in [0.5, 0.6) is 11.8 Å². The number of fused-ring (bicyclic) bond motifs is 2. The van der Waals surface area contributed by atoms with Crippen LogP contribution >= 0.6 is 22.9 Å². The lowest BCUT2D eigenvalue weighted by molar-refractivity contribution is -0.135. The lowest BCUT2D eigenvalue weighted by Gasteiger charge is -2.39. The van der Waals surface area contributed by atoms with Gasteiger partial charge in [0, 0.05) is 56.5 Å². The van der Waals surface area contributed by atoms with Gasteiger partial charge in [-0.3, -0.25) is 9.69 Å². The molecular formula is C40H46ClF3N8O4S. The molecule has 6 heterocycles. The average Bonchev–Trinajstić information content (AvgIpc) is 3.84. The van der Waals surface area contributed by atoms with E-state index in [9.17, 15) is 19.6 Å². The van der Waals surface area contributed by atoms with Gasteiger partial charge in [-0.1, -0.05) is 31.5 Å². The summed E-state index contributed by atoms with van der Waals surface area (Å²) in [5.74, 6) is -1.38. The van der Waals surface area contributed by atoms with Gasteiger partial charge in [0.2, 0.25) is 5.91 Å². The molecule has 5 atom stereocenters. The Morgan fingerprint density at radius 3 is 2.75 bits per heavy atom. The van der Waals surface area contributed by atoms with E-state index in [2.05, 4.69) is 9.88 Å². The minimum atomic E-state index is -0.995. The van der Waals surface area contributed by atoms with Crippen LogP contribution in [0.4, 0.5) is 24.0 Å². The molecule has 3 fully saturated rings. The number of piperidine rings is 1. The van der Waals surface area contributed by atoms with Crippen molar-refractivity contribution in [1.82, 2.24) is 19.8 Å². The molecule has 0 spiro atoms. The summed E-state index contributed by atoms with van der Waals surface area (Å²) in [4.78, 5) is 28.8. The fraction of sp³-hybridized carbons (Fsp3) is 0.550. The third-order valence-electron chi connectivity index (χ3n) is 12.2. The van der Waals surface area contributed by atoms with Crippen LogP contribution < -0.4 is 25.8 Å². The second kappa shape index (κ2) is 15.6. The monoisotopic (exact) mass is 826 g/mol. The number of hydrogen-bond donors (Lipinski definition) is 3. The Bertz CT molecular complexity index is 2270. The lowest BCUT2D eigenvalue weighted by Crippen LogP contribution is -2.51. The minimum Gasteiger partial charge on any atom is -0.486 e. The van der Waals surface area contributed by atoms with E-state index in [4.69, 9.17) is 37.5 Å². The normalized spacial score (nSPS) is 24.4. The molecule has 3 saturated heterocycles. The first-order valence-electron chi connectivity index (χ1n) is 19.6. The maximum atomic E-state index is 17.6. The van der Waals surface area contributed by atoms with E-state index in [0.29, 0.717) is 45.6 Å². The molecule has 2 unspecified atom stereocenters. The predicted molar refractivity (Wildman–Crippen MR) is 213 cm³/mol. The van der Waals surface area contributed by atoms with Gasteiger partial charge in [-0.25, -0.2) is 13.2 Å². The number of hydrogen-bond acceptors (Lipinski definition) is 12. The molecule has 304 valence electrons. The Hall–Kier alpha value is -4.14. The van der Waals surface area contributed by atoms with Crippen molar-refractivity contribution in [3.05, 3.63) is 34.4 Å². The molecule has 0 aliphatic carbocycles. The number of nitrogens with zero attached hydrogens (tertiary/aromatic N) is 6. The Labute approximate surface area is 337 Å². The molecule has 5 N–H and O–H groups in total. The van der Waals surface area contributed by atoms with E-state index in [-0.39, 0.29) is 96.2 Å². The maximum absolute atomic E-state index is 17.6. The number of aromatic nitrogens is 2. The highest BCUT2D eigenvalue weighted by Crippen LogP contribution is 2.51. The second-order valence-electron chi connectivity index (χ2n) is 16.2. The number of benzene rings is 2. The van der Waals surface area contributed by atoms with Crippen molar-refractivity contribution >= 4 is 60.7 Å². The van der Waals surface area contributed by atoms with E-state index < -0.39 is 35.5 Å². The van der Waals surface area contributed by atoms with Crippen LogP contribution in [0.25, 0.3) is 32.1 Å². The van der Waals surface area contributed by atoms with E-state index in [1.54, 1.807) is 0 Å². The van der Waals surface area contributed by atoms with Crippen LogP contribution in [0.1, 0.15) is 57.9 Å². The third kappa shape index (κ3) is 6.98. The number of nitriles is 1. The predicted octanol–water partition coefficient (Wildman–Crippen LogP) is 6.02. The summed E-state index contributed by atoms with van der Waals surface area (Å²) in [6.07, 6.45) is 2.06. The van der Waals surface area contributed by atoms with Gasteiger partial charge in [0.15, 0.2) is 11.6 Å². The first-order chi connectivity index (χ1) is 27.3. The van der Waals surface area contributed by atoms with Crippen molar-refractivity contribution in [2.45, 2.75) is 76.2 Å². The number of halogens is 4. The molecule has 4 aliphatic heterocycles.